The quantitative estimate of drug-likeness (QED) is 0.217. The fraction of sp³-hybridized carbons (Fsp3) is 0. The second-order valence-corrected chi connectivity index (χ2v) is 8.46. The van der Waals surface area contributed by atoms with Crippen molar-refractivity contribution in [3.05, 3.63) is 101 Å². The molecule has 0 radical (unpaired) electrons. The molecule has 5 aromatic carbocycles. The number of nitro benzene ring substituents is 1. The third kappa shape index (κ3) is 2.38. The van der Waals surface area contributed by atoms with E-state index in [1.807, 2.05) is 48.5 Å². The van der Waals surface area contributed by atoms with E-state index >= 15 is 0 Å². The van der Waals surface area contributed by atoms with Crippen molar-refractivity contribution >= 4 is 58.7 Å². The van der Waals surface area contributed by atoms with Crippen LogP contribution in [0.25, 0.3) is 52.8 Å². The summed E-state index contributed by atoms with van der Waals surface area (Å²) >= 11 is 1.73. The molecule has 6 rings (SSSR count). The fourth-order valence-electron chi connectivity index (χ4n) is 4.48. The molecule has 0 saturated carbocycles. The zero-order chi connectivity index (χ0) is 20.2. The van der Waals surface area contributed by atoms with Crippen LogP contribution in [0.2, 0.25) is 0 Å². The van der Waals surface area contributed by atoms with Gasteiger partial charge in [0.2, 0.25) is 0 Å². The molecular formula is C26H15NO2S. The van der Waals surface area contributed by atoms with E-state index in [4.69, 9.17) is 0 Å². The zero-order valence-corrected chi connectivity index (χ0v) is 16.6. The molecule has 4 heteroatoms. The van der Waals surface area contributed by atoms with Crippen LogP contribution in [0.1, 0.15) is 0 Å². The largest absolute Gasteiger partial charge is 0.284 e. The molecule has 3 nitrogen and oxygen atoms in total. The number of nitro groups is 1. The lowest BCUT2D eigenvalue weighted by Crippen LogP contribution is -1.94. The monoisotopic (exact) mass is 405 g/mol. The van der Waals surface area contributed by atoms with Gasteiger partial charge in [-0.3, -0.25) is 10.1 Å². The minimum absolute atomic E-state index is 0.165. The molecule has 142 valence electrons. The van der Waals surface area contributed by atoms with E-state index in [9.17, 15) is 10.1 Å². The number of fused-ring (bicyclic) bond motifs is 6. The van der Waals surface area contributed by atoms with Crippen LogP contribution in [-0.4, -0.2) is 4.92 Å². The average Bonchev–Trinajstić information content (AvgIpc) is 3.16. The molecule has 0 spiro atoms. The van der Waals surface area contributed by atoms with Gasteiger partial charge in [0.05, 0.1) is 15.9 Å². The summed E-state index contributed by atoms with van der Waals surface area (Å²) in [4.78, 5) is 11.9. The summed E-state index contributed by atoms with van der Waals surface area (Å²) in [6, 6.07) is 30.1. The van der Waals surface area contributed by atoms with E-state index < -0.39 is 0 Å². The lowest BCUT2D eigenvalue weighted by molar-refractivity contribution is -0.382. The Labute approximate surface area is 176 Å². The van der Waals surface area contributed by atoms with Crippen molar-refractivity contribution in [2.24, 2.45) is 0 Å². The first-order chi connectivity index (χ1) is 14.7. The van der Waals surface area contributed by atoms with Crippen LogP contribution >= 0.6 is 11.3 Å². The minimum Gasteiger partial charge on any atom is -0.258 e. The Morgan fingerprint density at radius 1 is 0.633 bits per heavy atom. The lowest BCUT2D eigenvalue weighted by Gasteiger charge is -2.11. The van der Waals surface area contributed by atoms with Crippen LogP contribution in [-0.2, 0) is 0 Å². The predicted octanol–water partition coefficient (Wildman–Crippen LogP) is 7.94. The van der Waals surface area contributed by atoms with Crippen molar-refractivity contribution in [1.29, 1.82) is 0 Å². The van der Waals surface area contributed by atoms with Crippen molar-refractivity contribution in [3.8, 4) is 11.1 Å². The van der Waals surface area contributed by atoms with Crippen molar-refractivity contribution < 1.29 is 4.92 Å². The van der Waals surface area contributed by atoms with Crippen LogP contribution < -0.4 is 0 Å². The Morgan fingerprint density at radius 2 is 1.30 bits per heavy atom. The normalized spacial score (nSPS) is 11.6. The van der Waals surface area contributed by atoms with E-state index in [2.05, 4.69) is 42.5 Å². The summed E-state index contributed by atoms with van der Waals surface area (Å²) in [5.74, 6) is 0. The van der Waals surface area contributed by atoms with E-state index in [-0.39, 0.29) is 10.6 Å². The number of benzene rings is 5. The first-order valence-electron chi connectivity index (χ1n) is 9.72. The number of nitrogens with zero attached hydrogens (tertiary/aromatic N) is 1. The second-order valence-electron chi connectivity index (χ2n) is 7.38. The molecule has 6 aromatic rings. The maximum absolute atomic E-state index is 12.2. The molecule has 0 atom stereocenters. The van der Waals surface area contributed by atoms with Crippen LogP contribution in [0.4, 0.5) is 5.69 Å². The third-order valence-electron chi connectivity index (χ3n) is 5.76. The highest BCUT2D eigenvalue weighted by Crippen LogP contribution is 2.45. The number of hydrogen-bond donors (Lipinski definition) is 0. The second kappa shape index (κ2) is 6.37. The highest BCUT2D eigenvalue weighted by atomic mass is 32.1. The Morgan fingerprint density at radius 3 is 2.10 bits per heavy atom. The first kappa shape index (κ1) is 17.1. The number of thiophene rings is 1. The summed E-state index contributed by atoms with van der Waals surface area (Å²) in [5.41, 5.74) is 1.73. The van der Waals surface area contributed by atoms with Crippen molar-refractivity contribution in [2.45, 2.75) is 0 Å². The zero-order valence-electron chi connectivity index (χ0n) is 15.8. The molecule has 0 aliphatic heterocycles. The van der Waals surface area contributed by atoms with Gasteiger partial charge < -0.3 is 0 Å². The minimum atomic E-state index is -0.248. The van der Waals surface area contributed by atoms with Gasteiger partial charge in [-0.2, -0.15) is 0 Å². The smallest absolute Gasteiger partial charge is 0.258 e. The van der Waals surface area contributed by atoms with Crippen molar-refractivity contribution in [2.75, 3.05) is 0 Å². The maximum Gasteiger partial charge on any atom is 0.284 e. The number of hydrogen-bond acceptors (Lipinski definition) is 3. The van der Waals surface area contributed by atoms with Crippen LogP contribution in [0.3, 0.4) is 0 Å². The van der Waals surface area contributed by atoms with E-state index in [1.165, 1.54) is 15.5 Å². The van der Waals surface area contributed by atoms with E-state index in [1.54, 1.807) is 11.3 Å². The highest BCUT2D eigenvalue weighted by molar-refractivity contribution is 7.26. The molecule has 0 aliphatic rings. The topological polar surface area (TPSA) is 43.1 Å². The maximum atomic E-state index is 12.2. The SMILES string of the molecule is O=[N+]([O-])c1c(-c2cc3sc4ccccc4c3c3ccccc23)ccc2ccccc12. The Kier molecular flexibility index (Phi) is 3.64. The number of rotatable bonds is 2. The van der Waals surface area contributed by atoms with Gasteiger partial charge >= 0.3 is 0 Å². The molecule has 1 aromatic heterocycles. The van der Waals surface area contributed by atoms with E-state index in [0.717, 1.165) is 26.4 Å². The van der Waals surface area contributed by atoms with Gasteiger partial charge in [-0.15, -0.1) is 11.3 Å². The van der Waals surface area contributed by atoms with Crippen molar-refractivity contribution in [3.63, 3.8) is 0 Å². The molecule has 0 bridgehead atoms. The fourth-order valence-corrected chi connectivity index (χ4v) is 5.64. The Bertz CT molecular complexity index is 1630. The van der Waals surface area contributed by atoms with Gasteiger partial charge in [-0.05, 0) is 46.0 Å². The summed E-state index contributed by atoms with van der Waals surface area (Å²) in [6.45, 7) is 0. The molecule has 0 fully saturated rings. The van der Waals surface area contributed by atoms with Gasteiger partial charge in [0.15, 0.2) is 0 Å². The van der Waals surface area contributed by atoms with Crippen molar-refractivity contribution in [1.82, 2.24) is 0 Å². The summed E-state index contributed by atoms with van der Waals surface area (Å²) in [5, 5.41) is 18.3. The molecule has 0 aliphatic carbocycles. The van der Waals surface area contributed by atoms with Gasteiger partial charge in [0.1, 0.15) is 0 Å². The summed E-state index contributed by atoms with van der Waals surface area (Å²) in [6.07, 6.45) is 0. The van der Waals surface area contributed by atoms with E-state index in [0.29, 0.717) is 10.9 Å². The van der Waals surface area contributed by atoms with Crippen LogP contribution in [0, 0.1) is 10.1 Å². The van der Waals surface area contributed by atoms with Gasteiger partial charge in [0.25, 0.3) is 5.69 Å². The first-order valence-corrected chi connectivity index (χ1v) is 10.5. The molecule has 1 heterocycles. The average molecular weight is 405 g/mol. The highest BCUT2D eigenvalue weighted by Gasteiger charge is 2.22. The molecular weight excluding hydrogens is 390 g/mol. The standard InChI is InChI=1S/C26H15NO2S/c28-27(29)26-17-8-2-1-7-16(17)13-14-20(26)22-15-24-25(19-10-4-3-9-18(19)22)21-11-5-6-12-23(21)30-24/h1-15H. The predicted molar refractivity (Wildman–Crippen MR) is 126 cm³/mol. The van der Waals surface area contributed by atoms with Gasteiger partial charge in [-0.25, -0.2) is 0 Å². The van der Waals surface area contributed by atoms with Crippen LogP contribution in [0.15, 0.2) is 91.0 Å². The Hall–Kier alpha value is -3.76. The molecule has 0 saturated heterocycles. The summed E-state index contributed by atoms with van der Waals surface area (Å²) in [7, 11) is 0. The van der Waals surface area contributed by atoms with Crippen LogP contribution in [0.5, 0.6) is 0 Å². The molecule has 0 unspecified atom stereocenters. The third-order valence-corrected chi connectivity index (χ3v) is 6.88. The molecule has 30 heavy (non-hydrogen) atoms. The Balaban J connectivity index is 1.81. The lowest BCUT2D eigenvalue weighted by atomic mass is 9.92. The summed E-state index contributed by atoms with van der Waals surface area (Å²) < 4.78 is 2.37. The van der Waals surface area contributed by atoms with Gasteiger partial charge in [-0.1, -0.05) is 66.7 Å². The van der Waals surface area contributed by atoms with Gasteiger partial charge in [0, 0.05) is 20.2 Å². The molecule has 0 N–H and O–H groups in total. The molecule has 0 amide bonds.